The van der Waals surface area contributed by atoms with E-state index in [0.29, 0.717) is 25.2 Å². The highest BCUT2D eigenvalue weighted by atomic mass is 35.5. The summed E-state index contributed by atoms with van der Waals surface area (Å²) in [5, 5.41) is 0. The van der Waals surface area contributed by atoms with Crippen LogP contribution in [0.2, 0.25) is 0 Å². The summed E-state index contributed by atoms with van der Waals surface area (Å²) >= 11 is 0. The van der Waals surface area contributed by atoms with E-state index in [-0.39, 0.29) is 23.2 Å². The maximum atomic E-state index is 12.4. The van der Waals surface area contributed by atoms with Gasteiger partial charge in [-0.3, -0.25) is 0 Å². The number of esters is 1. The van der Waals surface area contributed by atoms with Crippen molar-refractivity contribution in [2.24, 2.45) is 11.7 Å². The van der Waals surface area contributed by atoms with Gasteiger partial charge in [0.1, 0.15) is 0 Å². The van der Waals surface area contributed by atoms with E-state index in [2.05, 4.69) is 4.74 Å². The molecule has 0 amide bonds. The second-order valence-electron chi connectivity index (χ2n) is 4.77. The van der Waals surface area contributed by atoms with Crippen molar-refractivity contribution in [3.05, 3.63) is 29.8 Å². The molecule has 1 aromatic carbocycles. The number of hydrogen-bond acceptors (Lipinski definition) is 5. The van der Waals surface area contributed by atoms with E-state index in [1.165, 1.54) is 35.7 Å². The number of benzene rings is 1. The van der Waals surface area contributed by atoms with Crippen molar-refractivity contribution >= 4 is 28.4 Å². The van der Waals surface area contributed by atoms with Gasteiger partial charge in [0.25, 0.3) is 0 Å². The molecule has 1 atom stereocenters. The molecule has 1 aliphatic rings. The van der Waals surface area contributed by atoms with E-state index in [0.717, 1.165) is 6.42 Å². The summed E-state index contributed by atoms with van der Waals surface area (Å²) in [6.07, 6.45) is 0.788. The normalized spacial score (nSPS) is 19.0. The molecule has 1 saturated heterocycles. The summed E-state index contributed by atoms with van der Waals surface area (Å²) in [5.74, 6) is -0.266. The number of ether oxygens (including phenoxy) is 1. The Morgan fingerprint density at radius 1 is 1.38 bits per heavy atom. The Morgan fingerprint density at radius 3 is 2.48 bits per heavy atom. The van der Waals surface area contributed by atoms with Gasteiger partial charge in [-0.05, 0) is 43.1 Å². The number of rotatable bonds is 4. The van der Waals surface area contributed by atoms with Crippen LogP contribution in [0.4, 0.5) is 0 Å². The highest BCUT2D eigenvalue weighted by Crippen LogP contribution is 2.24. The average molecular weight is 335 g/mol. The van der Waals surface area contributed by atoms with Gasteiger partial charge in [-0.15, -0.1) is 12.4 Å². The third-order valence-electron chi connectivity index (χ3n) is 3.50. The fourth-order valence-electron chi connectivity index (χ4n) is 2.24. The molecule has 2 rings (SSSR count). The van der Waals surface area contributed by atoms with E-state index >= 15 is 0 Å². The summed E-state index contributed by atoms with van der Waals surface area (Å²) < 4.78 is 30.9. The molecule has 118 valence electrons. The Labute approximate surface area is 130 Å². The minimum absolute atomic E-state index is 0. The first-order chi connectivity index (χ1) is 9.48. The van der Waals surface area contributed by atoms with Crippen molar-refractivity contribution < 1.29 is 17.9 Å². The number of hydrogen-bond donors (Lipinski definition) is 1. The molecule has 0 saturated carbocycles. The molecule has 21 heavy (non-hydrogen) atoms. The largest absolute Gasteiger partial charge is 0.465 e. The second-order valence-corrected chi connectivity index (χ2v) is 6.71. The van der Waals surface area contributed by atoms with Gasteiger partial charge >= 0.3 is 5.97 Å². The Balaban J connectivity index is 0.00000220. The van der Waals surface area contributed by atoms with Crippen molar-refractivity contribution in [2.75, 3.05) is 26.7 Å². The molecule has 1 aliphatic heterocycles. The third-order valence-corrected chi connectivity index (χ3v) is 5.37. The lowest BCUT2D eigenvalue weighted by molar-refractivity contribution is 0.0600. The predicted octanol–water partition coefficient (Wildman–Crippen LogP) is 0.864. The van der Waals surface area contributed by atoms with E-state index in [1.807, 2.05) is 0 Å². The number of nitrogens with two attached hydrogens (primary N) is 1. The van der Waals surface area contributed by atoms with Crippen LogP contribution in [0.3, 0.4) is 0 Å². The van der Waals surface area contributed by atoms with E-state index in [4.69, 9.17) is 5.73 Å². The van der Waals surface area contributed by atoms with Crippen molar-refractivity contribution in [3.63, 3.8) is 0 Å². The van der Waals surface area contributed by atoms with E-state index < -0.39 is 16.0 Å². The maximum absolute atomic E-state index is 12.4. The molecule has 8 heteroatoms. The molecule has 0 aliphatic carbocycles. The van der Waals surface area contributed by atoms with Gasteiger partial charge in [0.05, 0.1) is 17.6 Å². The molecule has 6 nitrogen and oxygen atoms in total. The zero-order chi connectivity index (χ0) is 14.8. The fraction of sp³-hybridized carbons (Fsp3) is 0.462. The molecule has 2 N–H and O–H groups in total. The lowest BCUT2D eigenvalue weighted by Crippen LogP contribution is -2.30. The smallest absolute Gasteiger partial charge is 0.337 e. The second kappa shape index (κ2) is 7.22. The van der Waals surface area contributed by atoms with Crippen LogP contribution in [0.15, 0.2) is 29.2 Å². The quantitative estimate of drug-likeness (QED) is 0.825. The number of carbonyl (C=O) groups is 1. The maximum Gasteiger partial charge on any atom is 0.337 e. The summed E-state index contributed by atoms with van der Waals surface area (Å²) in [4.78, 5) is 11.5. The molecule has 0 bridgehead atoms. The SMILES string of the molecule is COC(=O)c1ccc(S(=O)(=O)N2CCC(CN)C2)cc1.Cl. The molecule has 1 fully saturated rings. The summed E-state index contributed by atoms with van der Waals surface area (Å²) in [6, 6.07) is 5.76. The van der Waals surface area contributed by atoms with Gasteiger partial charge in [0, 0.05) is 13.1 Å². The fourth-order valence-corrected chi connectivity index (χ4v) is 3.77. The molecule has 0 radical (unpaired) electrons. The minimum atomic E-state index is -3.51. The van der Waals surface area contributed by atoms with Gasteiger partial charge in [-0.2, -0.15) is 4.31 Å². The number of methoxy groups -OCH3 is 1. The first-order valence-corrected chi connectivity index (χ1v) is 7.81. The third kappa shape index (κ3) is 3.74. The molecule has 0 aromatic heterocycles. The van der Waals surface area contributed by atoms with Crippen LogP contribution < -0.4 is 5.73 Å². The van der Waals surface area contributed by atoms with Crippen LogP contribution >= 0.6 is 12.4 Å². The summed E-state index contributed by atoms with van der Waals surface area (Å²) in [7, 11) is -2.22. The van der Waals surface area contributed by atoms with Gasteiger partial charge in [0.15, 0.2) is 0 Å². The first kappa shape index (κ1) is 17.9. The van der Waals surface area contributed by atoms with Crippen molar-refractivity contribution in [1.29, 1.82) is 0 Å². The highest BCUT2D eigenvalue weighted by molar-refractivity contribution is 7.89. The lowest BCUT2D eigenvalue weighted by Gasteiger charge is -2.16. The van der Waals surface area contributed by atoms with Gasteiger partial charge < -0.3 is 10.5 Å². The minimum Gasteiger partial charge on any atom is -0.465 e. The van der Waals surface area contributed by atoms with Crippen molar-refractivity contribution in [1.82, 2.24) is 4.31 Å². The van der Waals surface area contributed by atoms with E-state index in [1.54, 1.807) is 0 Å². The molecule has 0 spiro atoms. The van der Waals surface area contributed by atoms with Crippen LogP contribution in [-0.4, -0.2) is 45.4 Å². The van der Waals surface area contributed by atoms with Gasteiger partial charge in [-0.1, -0.05) is 0 Å². The van der Waals surface area contributed by atoms with Crippen LogP contribution in [-0.2, 0) is 14.8 Å². The average Bonchev–Trinajstić information content (AvgIpc) is 2.96. The van der Waals surface area contributed by atoms with Crippen LogP contribution in [0.5, 0.6) is 0 Å². The van der Waals surface area contributed by atoms with Gasteiger partial charge in [-0.25, -0.2) is 13.2 Å². The zero-order valence-electron chi connectivity index (χ0n) is 11.7. The molecule has 1 aromatic rings. The zero-order valence-corrected chi connectivity index (χ0v) is 13.3. The molecular weight excluding hydrogens is 316 g/mol. The van der Waals surface area contributed by atoms with E-state index in [9.17, 15) is 13.2 Å². The standard InChI is InChI=1S/C13H18N2O4S.ClH/c1-19-13(16)11-2-4-12(5-3-11)20(17,18)15-7-6-10(8-14)9-15;/h2-5,10H,6-9,14H2,1H3;1H. The molecule has 1 heterocycles. The van der Waals surface area contributed by atoms with Crippen molar-refractivity contribution in [2.45, 2.75) is 11.3 Å². The Kier molecular flexibility index (Phi) is 6.15. The number of nitrogens with zero attached hydrogens (tertiary/aromatic N) is 1. The summed E-state index contributed by atoms with van der Waals surface area (Å²) in [5.41, 5.74) is 5.90. The predicted molar refractivity (Wildman–Crippen MR) is 80.9 cm³/mol. The number of carbonyl (C=O) groups excluding carboxylic acids is 1. The first-order valence-electron chi connectivity index (χ1n) is 6.37. The van der Waals surface area contributed by atoms with Crippen LogP contribution in [0.25, 0.3) is 0 Å². The lowest BCUT2D eigenvalue weighted by atomic mass is 10.1. The van der Waals surface area contributed by atoms with Crippen LogP contribution in [0.1, 0.15) is 16.8 Å². The summed E-state index contributed by atoms with van der Waals surface area (Å²) in [6.45, 7) is 1.44. The Hall–Kier alpha value is -1.15. The monoisotopic (exact) mass is 334 g/mol. The van der Waals surface area contributed by atoms with Crippen molar-refractivity contribution in [3.8, 4) is 0 Å². The Morgan fingerprint density at radius 2 is 2.00 bits per heavy atom. The van der Waals surface area contributed by atoms with Crippen LogP contribution in [0, 0.1) is 5.92 Å². The molecular formula is C13H19ClN2O4S. The Bertz CT molecular complexity index is 589. The van der Waals surface area contributed by atoms with Gasteiger partial charge in [0.2, 0.25) is 10.0 Å². The topological polar surface area (TPSA) is 89.7 Å². The highest BCUT2D eigenvalue weighted by Gasteiger charge is 2.31. The number of sulfonamides is 1. The molecule has 1 unspecified atom stereocenters. The number of halogens is 1.